The van der Waals surface area contributed by atoms with Crippen LogP contribution in [0.15, 0.2) is 152 Å². The van der Waals surface area contributed by atoms with Crippen molar-refractivity contribution >= 4 is 62.0 Å². The van der Waals surface area contributed by atoms with Crippen LogP contribution < -0.4 is 21.3 Å². The van der Waals surface area contributed by atoms with Gasteiger partial charge in [-0.2, -0.15) is 0 Å². The highest BCUT2D eigenvalue weighted by atomic mass is 15.2. The highest BCUT2D eigenvalue weighted by Gasteiger charge is 2.43. The molecule has 4 heteroatoms. The lowest BCUT2D eigenvalue weighted by Crippen LogP contribution is -2.59. The molecule has 316 valence electrons. The molecule has 64 heavy (non-hydrogen) atoms. The highest BCUT2D eigenvalue weighted by molar-refractivity contribution is 7.00. The summed E-state index contributed by atoms with van der Waals surface area (Å²) in [6.45, 7) is 25.6. The normalized spacial score (nSPS) is 13.2. The van der Waals surface area contributed by atoms with E-state index in [0.29, 0.717) is 0 Å². The smallest absolute Gasteiger partial charge is 0.252 e. The maximum atomic E-state index is 2.65. The fraction of sp³-hybridized carbons (Fsp3) is 0.233. The molecule has 0 unspecified atom stereocenters. The number of aryl methyl sites for hydroxylation is 2. The summed E-state index contributed by atoms with van der Waals surface area (Å²) in [6, 6.07) is 57.9. The van der Waals surface area contributed by atoms with E-state index in [0.717, 1.165) is 17.1 Å². The Bertz CT molecular complexity index is 3250. The molecule has 11 rings (SSSR count). The molecule has 0 atom stereocenters. The Balaban J connectivity index is 1.32. The second kappa shape index (κ2) is 14.0. The van der Waals surface area contributed by atoms with Gasteiger partial charge in [0, 0.05) is 44.6 Å². The van der Waals surface area contributed by atoms with Gasteiger partial charge in [-0.05, 0) is 128 Å². The van der Waals surface area contributed by atoms with Gasteiger partial charge in [-0.1, -0.05) is 172 Å². The van der Waals surface area contributed by atoms with Crippen LogP contribution in [0, 0.1) is 13.8 Å². The summed E-state index contributed by atoms with van der Waals surface area (Å²) >= 11 is 0. The fourth-order valence-electron chi connectivity index (χ4n) is 10.9. The van der Waals surface area contributed by atoms with Gasteiger partial charge in [-0.25, -0.2) is 0 Å². The van der Waals surface area contributed by atoms with Crippen LogP contribution >= 0.6 is 0 Å². The summed E-state index contributed by atoms with van der Waals surface area (Å²) in [5.41, 5.74) is 24.2. The lowest BCUT2D eigenvalue weighted by molar-refractivity contribution is 0.590. The Morgan fingerprint density at radius 3 is 1.33 bits per heavy atom. The van der Waals surface area contributed by atoms with Crippen LogP contribution in [0.2, 0.25) is 0 Å². The third kappa shape index (κ3) is 6.01. The summed E-state index contributed by atoms with van der Waals surface area (Å²) in [7, 11) is 0. The largest absolute Gasteiger partial charge is 0.310 e. The molecule has 9 aromatic rings. The second-order valence-electron chi connectivity index (χ2n) is 21.6. The van der Waals surface area contributed by atoms with E-state index in [2.05, 4.69) is 242 Å². The molecule has 0 saturated carbocycles. The molecule has 0 aliphatic carbocycles. The number of para-hydroxylation sites is 1. The molecule has 7 aromatic carbocycles. The number of hydrogen-bond donors (Lipinski definition) is 0. The van der Waals surface area contributed by atoms with Crippen molar-refractivity contribution in [1.29, 1.82) is 0 Å². The monoisotopic (exact) mass is 831 g/mol. The van der Waals surface area contributed by atoms with Crippen molar-refractivity contribution in [3.8, 4) is 33.9 Å². The summed E-state index contributed by atoms with van der Waals surface area (Å²) in [5.74, 6) is 0. The van der Waals surface area contributed by atoms with Crippen LogP contribution in [0.5, 0.6) is 0 Å². The minimum absolute atomic E-state index is 0.0351. The first-order valence-electron chi connectivity index (χ1n) is 23.1. The first-order valence-corrected chi connectivity index (χ1v) is 23.1. The average molecular weight is 832 g/mol. The van der Waals surface area contributed by atoms with Gasteiger partial charge >= 0.3 is 0 Å². The van der Waals surface area contributed by atoms with E-state index >= 15 is 0 Å². The van der Waals surface area contributed by atoms with Crippen LogP contribution in [-0.2, 0) is 16.2 Å². The van der Waals surface area contributed by atoms with Gasteiger partial charge in [0.05, 0.1) is 17.1 Å². The van der Waals surface area contributed by atoms with Gasteiger partial charge in [0.25, 0.3) is 6.71 Å². The van der Waals surface area contributed by atoms with Gasteiger partial charge < -0.3 is 14.0 Å². The molecule has 0 amide bonds. The first-order chi connectivity index (χ1) is 30.5. The molecule has 0 radical (unpaired) electrons. The third-order valence-electron chi connectivity index (χ3n) is 14.3. The number of hydrogen-bond acceptors (Lipinski definition) is 1. The number of fused-ring (bicyclic) bond motifs is 4. The molecule has 0 N–H and O–H groups in total. The summed E-state index contributed by atoms with van der Waals surface area (Å²) < 4.78 is 5.28. The molecular formula is C60H58BN3. The van der Waals surface area contributed by atoms with Gasteiger partial charge in [0.1, 0.15) is 0 Å². The lowest BCUT2D eigenvalue weighted by Gasteiger charge is -2.37. The SMILES string of the molecule is Cc1c(-c2ccccc2)n2c3c(cccc13)B1c3c-2cc(N(c2ccc(C(C)(C)C)cc2)c2ccc(C(C)(C)C)cc2)cc3-n2c(-c3ccccc3)c(C)c3cc(C(C)(C)C)cc1c32. The average Bonchev–Trinajstić information content (AvgIpc) is 3.74. The Kier molecular flexibility index (Phi) is 8.80. The second-order valence-corrected chi connectivity index (χ2v) is 21.6. The van der Waals surface area contributed by atoms with Crippen molar-refractivity contribution in [3.05, 3.63) is 179 Å². The Morgan fingerprint density at radius 2 is 0.859 bits per heavy atom. The Labute approximate surface area is 380 Å². The maximum Gasteiger partial charge on any atom is 0.252 e. The van der Waals surface area contributed by atoms with Gasteiger partial charge in [0.15, 0.2) is 0 Å². The molecule has 0 fully saturated rings. The van der Waals surface area contributed by atoms with Crippen molar-refractivity contribution < 1.29 is 0 Å². The van der Waals surface area contributed by atoms with E-state index < -0.39 is 0 Å². The number of nitrogens with zero attached hydrogens (tertiary/aromatic N) is 3. The van der Waals surface area contributed by atoms with E-state index in [-0.39, 0.29) is 23.0 Å². The van der Waals surface area contributed by atoms with Gasteiger partial charge in [-0.15, -0.1) is 0 Å². The molecule has 0 spiro atoms. The minimum Gasteiger partial charge on any atom is -0.310 e. The maximum absolute atomic E-state index is 2.65. The molecule has 0 saturated heterocycles. The third-order valence-corrected chi connectivity index (χ3v) is 14.3. The molecule has 2 aliphatic rings. The van der Waals surface area contributed by atoms with E-state index in [4.69, 9.17) is 0 Å². The zero-order chi connectivity index (χ0) is 44.6. The number of rotatable bonds is 5. The minimum atomic E-state index is -0.0390. The Hall–Kier alpha value is -6.52. The van der Waals surface area contributed by atoms with Crippen molar-refractivity contribution in [1.82, 2.24) is 9.13 Å². The zero-order valence-electron chi connectivity index (χ0n) is 39.4. The van der Waals surface area contributed by atoms with Gasteiger partial charge in [-0.3, -0.25) is 0 Å². The summed E-state index contributed by atoms with van der Waals surface area (Å²) in [4.78, 5) is 2.49. The molecule has 4 heterocycles. The Morgan fingerprint density at radius 1 is 0.406 bits per heavy atom. The van der Waals surface area contributed by atoms with E-state index in [9.17, 15) is 0 Å². The predicted molar refractivity (Wildman–Crippen MR) is 276 cm³/mol. The van der Waals surface area contributed by atoms with Crippen molar-refractivity contribution in [2.24, 2.45) is 0 Å². The number of benzene rings is 7. The van der Waals surface area contributed by atoms with E-state index in [1.807, 2.05) is 0 Å². The molecule has 0 bridgehead atoms. The fourth-order valence-corrected chi connectivity index (χ4v) is 10.9. The standard InChI is InChI=1S/C60H58BN3/c1-37-47-23-18-24-49-56(47)63(54(37)39-19-14-12-15-20-39)51-35-46(62(44-29-25-41(26-30-44)58(3,4)5)45-31-27-42(28-32-45)59(6,7)8)36-52-53(51)61(49)50-34-43(60(9,10)11)33-48-38(2)55(64(52)57(48)50)40-21-16-13-17-22-40/h12-36H,1-11H3. The number of anilines is 3. The quantitative estimate of drug-likeness (QED) is 0.158. The van der Waals surface area contributed by atoms with Crippen LogP contribution in [0.1, 0.15) is 90.1 Å². The summed E-state index contributed by atoms with van der Waals surface area (Å²) in [6.07, 6.45) is 0. The van der Waals surface area contributed by atoms with Crippen molar-refractivity contribution in [2.75, 3.05) is 4.90 Å². The molecule has 3 nitrogen and oxygen atoms in total. The van der Waals surface area contributed by atoms with Crippen molar-refractivity contribution in [3.63, 3.8) is 0 Å². The molecular weight excluding hydrogens is 773 g/mol. The molecule has 2 aliphatic heterocycles. The predicted octanol–water partition coefficient (Wildman–Crippen LogP) is 14.0. The van der Waals surface area contributed by atoms with Crippen molar-refractivity contribution in [2.45, 2.75) is 92.4 Å². The van der Waals surface area contributed by atoms with Crippen LogP contribution in [0.25, 0.3) is 55.7 Å². The zero-order valence-corrected chi connectivity index (χ0v) is 39.4. The lowest BCUT2D eigenvalue weighted by atomic mass is 9.34. The van der Waals surface area contributed by atoms with Crippen LogP contribution in [0.3, 0.4) is 0 Å². The van der Waals surface area contributed by atoms with E-state index in [1.54, 1.807) is 0 Å². The highest BCUT2D eigenvalue weighted by Crippen LogP contribution is 2.46. The first kappa shape index (κ1) is 40.3. The van der Waals surface area contributed by atoms with Gasteiger partial charge in [0.2, 0.25) is 0 Å². The van der Waals surface area contributed by atoms with Crippen LogP contribution in [0.4, 0.5) is 17.1 Å². The molecule has 2 aromatic heterocycles. The topological polar surface area (TPSA) is 13.1 Å². The summed E-state index contributed by atoms with van der Waals surface area (Å²) in [5, 5.41) is 2.65. The van der Waals surface area contributed by atoms with E-state index in [1.165, 1.54) is 99.9 Å². The number of aromatic nitrogens is 2. The van der Waals surface area contributed by atoms with Crippen LogP contribution in [-0.4, -0.2) is 15.8 Å².